The van der Waals surface area contributed by atoms with E-state index in [0.29, 0.717) is 18.7 Å². The van der Waals surface area contributed by atoms with Crippen molar-refractivity contribution in [2.45, 2.75) is 25.8 Å². The van der Waals surface area contributed by atoms with Gasteiger partial charge >= 0.3 is 0 Å². The van der Waals surface area contributed by atoms with E-state index in [2.05, 4.69) is 10.3 Å². The molecule has 1 amide bonds. The number of pyridine rings is 1. The number of anilines is 1. The van der Waals surface area contributed by atoms with E-state index in [1.54, 1.807) is 18.3 Å². The molecule has 0 aromatic carbocycles. The lowest BCUT2D eigenvalue weighted by Gasteiger charge is -2.25. The number of carbonyl (C=O) groups excluding carboxylic acids is 1. The molecule has 1 aliphatic rings. The van der Waals surface area contributed by atoms with Gasteiger partial charge < -0.3 is 10.2 Å². The molecule has 1 aromatic heterocycles. The normalized spacial score (nSPS) is 20.2. The molecule has 0 radical (unpaired) electrons. The number of nitrogens with one attached hydrogen (secondary N) is 1. The highest BCUT2D eigenvalue weighted by Gasteiger charge is 2.30. The quantitative estimate of drug-likeness (QED) is 0.872. The molecule has 1 atom stereocenters. The lowest BCUT2D eigenvalue weighted by Crippen LogP contribution is -2.32. The van der Waals surface area contributed by atoms with E-state index in [9.17, 15) is 13.2 Å². The fourth-order valence-electron chi connectivity index (χ4n) is 2.35. The van der Waals surface area contributed by atoms with Gasteiger partial charge in [-0.3, -0.25) is 4.79 Å². The molecular formula is C14H21N3O3S. The molecule has 21 heavy (non-hydrogen) atoms. The molecule has 2 rings (SSSR count). The van der Waals surface area contributed by atoms with Crippen molar-refractivity contribution >= 4 is 21.4 Å². The Balaban J connectivity index is 2.03. The predicted octanol–water partition coefficient (Wildman–Crippen LogP) is 0.845. The van der Waals surface area contributed by atoms with Gasteiger partial charge in [0.15, 0.2) is 9.84 Å². The van der Waals surface area contributed by atoms with Crippen LogP contribution in [0.3, 0.4) is 0 Å². The van der Waals surface area contributed by atoms with Gasteiger partial charge in [0, 0.05) is 19.6 Å². The Morgan fingerprint density at radius 1 is 1.48 bits per heavy atom. The van der Waals surface area contributed by atoms with Crippen molar-refractivity contribution in [2.75, 3.05) is 30.0 Å². The van der Waals surface area contributed by atoms with Gasteiger partial charge in [-0.15, -0.1) is 0 Å². The summed E-state index contributed by atoms with van der Waals surface area (Å²) in [6, 6.07) is 3.45. The maximum Gasteiger partial charge on any atom is 0.269 e. The topological polar surface area (TPSA) is 79.4 Å². The second-order valence-electron chi connectivity index (χ2n) is 5.33. The molecule has 0 spiro atoms. The maximum atomic E-state index is 11.8. The van der Waals surface area contributed by atoms with Crippen molar-refractivity contribution in [1.29, 1.82) is 0 Å². The second kappa shape index (κ2) is 6.43. The van der Waals surface area contributed by atoms with Crippen LogP contribution in [0.5, 0.6) is 0 Å². The van der Waals surface area contributed by atoms with E-state index in [1.807, 2.05) is 18.9 Å². The number of aromatic nitrogens is 1. The van der Waals surface area contributed by atoms with Crippen LogP contribution in [0.2, 0.25) is 0 Å². The maximum absolute atomic E-state index is 11.8. The standard InChI is InChI=1S/C14H21N3O3S/c1-3-7-15-14(18)13-5-4-11(9-16-13)17(2)12-6-8-21(19,20)10-12/h4-5,9,12H,3,6-8,10H2,1-2H3,(H,15,18). The number of nitrogens with zero attached hydrogens (tertiary/aromatic N) is 2. The average molecular weight is 311 g/mol. The Morgan fingerprint density at radius 3 is 2.76 bits per heavy atom. The van der Waals surface area contributed by atoms with Crippen molar-refractivity contribution in [3.8, 4) is 0 Å². The van der Waals surface area contributed by atoms with Crippen LogP contribution < -0.4 is 10.2 Å². The molecular weight excluding hydrogens is 290 g/mol. The van der Waals surface area contributed by atoms with Gasteiger partial charge in [0.1, 0.15) is 5.69 Å². The number of hydrogen-bond donors (Lipinski definition) is 1. The molecule has 1 N–H and O–H groups in total. The third-order valence-electron chi connectivity index (χ3n) is 3.68. The van der Waals surface area contributed by atoms with Crippen molar-refractivity contribution in [3.05, 3.63) is 24.0 Å². The van der Waals surface area contributed by atoms with Crippen molar-refractivity contribution in [2.24, 2.45) is 0 Å². The average Bonchev–Trinajstić information content (AvgIpc) is 2.84. The number of carbonyl (C=O) groups is 1. The van der Waals surface area contributed by atoms with Gasteiger partial charge in [-0.25, -0.2) is 13.4 Å². The van der Waals surface area contributed by atoms with Crippen LogP contribution >= 0.6 is 0 Å². The Labute approximate surface area is 125 Å². The molecule has 6 nitrogen and oxygen atoms in total. The first-order chi connectivity index (χ1) is 9.93. The van der Waals surface area contributed by atoms with Gasteiger partial charge in [-0.2, -0.15) is 0 Å². The summed E-state index contributed by atoms with van der Waals surface area (Å²) < 4.78 is 23.1. The monoisotopic (exact) mass is 311 g/mol. The molecule has 2 heterocycles. The van der Waals surface area contributed by atoms with Gasteiger partial charge in [0.2, 0.25) is 0 Å². The summed E-state index contributed by atoms with van der Waals surface area (Å²) in [4.78, 5) is 17.8. The Hall–Kier alpha value is -1.63. The Kier molecular flexibility index (Phi) is 4.82. The zero-order valence-electron chi connectivity index (χ0n) is 12.4. The summed E-state index contributed by atoms with van der Waals surface area (Å²) in [6.45, 7) is 2.61. The van der Waals surface area contributed by atoms with Crippen LogP contribution in [0.4, 0.5) is 5.69 Å². The molecule has 0 aliphatic carbocycles. The fraction of sp³-hybridized carbons (Fsp3) is 0.571. The fourth-order valence-corrected chi connectivity index (χ4v) is 4.12. The van der Waals surface area contributed by atoms with Crippen LogP contribution in [-0.2, 0) is 9.84 Å². The molecule has 7 heteroatoms. The van der Waals surface area contributed by atoms with E-state index in [0.717, 1.165) is 12.1 Å². The van der Waals surface area contributed by atoms with Crippen molar-refractivity contribution in [3.63, 3.8) is 0 Å². The SMILES string of the molecule is CCCNC(=O)c1ccc(N(C)C2CCS(=O)(=O)C2)cn1. The minimum Gasteiger partial charge on any atom is -0.369 e. The van der Waals surface area contributed by atoms with Crippen LogP contribution in [0.25, 0.3) is 0 Å². The molecule has 1 aromatic rings. The van der Waals surface area contributed by atoms with E-state index in [1.165, 1.54) is 0 Å². The molecule has 116 valence electrons. The lowest BCUT2D eigenvalue weighted by molar-refractivity contribution is 0.0948. The van der Waals surface area contributed by atoms with E-state index < -0.39 is 9.84 Å². The van der Waals surface area contributed by atoms with Crippen LogP contribution in [0.1, 0.15) is 30.3 Å². The highest BCUT2D eigenvalue weighted by atomic mass is 32.2. The lowest BCUT2D eigenvalue weighted by atomic mass is 10.2. The van der Waals surface area contributed by atoms with Gasteiger partial charge in [0.05, 0.1) is 23.4 Å². The zero-order valence-corrected chi connectivity index (χ0v) is 13.2. The van der Waals surface area contributed by atoms with Crippen LogP contribution in [0.15, 0.2) is 18.3 Å². The largest absolute Gasteiger partial charge is 0.369 e. The summed E-state index contributed by atoms with van der Waals surface area (Å²) >= 11 is 0. The first-order valence-electron chi connectivity index (χ1n) is 7.10. The van der Waals surface area contributed by atoms with Gasteiger partial charge in [-0.05, 0) is 25.0 Å². The number of rotatable bonds is 5. The van der Waals surface area contributed by atoms with Crippen LogP contribution in [-0.4, -0.2) is 50.4 Å². The van der Waals surface area contributed by atoms with Crippen molar-refractivity contribution < 1.29 is 13.2 Å². The summed E-state index contributed by atoms with van der Waals surface area (Å²) in [5, 5.41) is 2.77. The number of amides is 1. The summed E-state index contributed by atoms with van der Waals surface area (Å²) in [7, 11) is -1.05. The first-order valence-corrected chi connectivity index (χ1v) is 8.92. The highest BCUT2D eigenvalue weighted by molar-refractivity contribution is 7.91. The highest BCUT2D eigenvalue weighted by Crippen LogP contribution is 2.22. The molecule has 1 saturated heterocycles. The minimum absolute atomic E-state index is 0.0171. The minimum atomic E-state index is -2.91. The summed E-state index contributed by atoms with van der Waals surface area (Å²) in [5.41, 5.74) is 1.20. The third kappa shape index (κ3) is 3.93. The zero-order chi connectivity index (χ0) is 15.5. The number of sulfone groups is 1. The predicted molar refractivity (Wildman–Crippen MR) is 82.3 cm³/mol. The third-order valence-corrected chi connectivity index (χ3v) is 5.43. The smallest absolute Gasteiger partial charge is 0.269 e. The van der Waals surface area contributed by atoms with E-state index in [-0.39, 0.29) is 23.5 Å². The summed E-state index contributed by atoms with van der Waals surface area (Å²) in [5.74, 6) is 0.240. The summed E-state index contributed by atoms with van der Waals surface area (Å²) in [6.07, 6.45) is 3.13. The Morgan fingerprint density at radius 2 is 2.24 bits per heavy atom. The first kappa shape index (κ1) is 15.8. The van der Waals surface area contributed by atoms with Crippen molar-refractivity contribution in [1.82, 2.24) is 10.3 Å². The molecule has 1 unspecified atom stereocenters. The Bertz CT molecular complexity index is 598. The second-order valence-corrected chi connectivity index (χ2v) is 7.55. The molecule has 0 saturated carbocycles. The molecule has 0 bridgehead atoms. The van der Waals surface area contributed by atoms with Gasteiger partial charge in [0.25, 0.3) is 5.91 Å². The van der Waals surface area contributed by atoms with Gasteiger partial charge in [-0.1, -0.05) is 6.92 Å². The molecule has 1 fully saturated rings. The number of hydrogen-bond acceptors (Lipinski definition) is 5. The van der Waals surface area contributed by atoms with E-state index >= 15 is 0 Å². The van der Waals surface area contributed by atoms with E-state index in [4.69, 9.17) is 0 Å². The molecule has 1 aliphatic heterocycles. The van der Waals surface area contributed by atoms with Crippen LogP contribution in [0, 0.1) is 0 Å².